The number of rotatable bonds is 6. The zero-order chi connectivity index (χ0) is 13.7. The molecule has 19 heavy (non-hydrogen) atoms. The van der Waals surface area contributed by atoms with Gasteiger partial charge in [-0.15, -0.1) is 11.3 Å². The van der Waals surface area contributed by atoms with Crippen LogP contribution in [-0.4, -0.2) is 30.5 Å². The molecule has 2 heterocycles. The Balaban J connectivity index is 2.02. The molecular weight excluding hydrogens is 262 g/mol. The number of likely N-dealkylation sites (N-methyl/N-ethyl adjacent to an activating group) is 1. The van der Waals surface area contributed by atoms with Crippen molar-refractivity contribution in [3.8, 4) is 10.8 Å². The van der Waals surface area contributed by atoms with Crippen LogP contribution >= 0.6 is 11.3 Å². The van der Waals surface area contributed by atoms with Crippen LogP contribution in [0.2, 0.25) is 0 Å². The third-order valence-corrected chi connectivity index (χ3v) is 3.57. The summed E-state index contributed by atoms with van der Waals surface area (Å²) in [5.41, 5.74) is 0.480. The molecule has 0 saturated heterocycles. The minimum absolute atomic E-state index is 0.135. The standard InChI is InChI=1S/C13H17N3O2S/c1-3-14-6-7-15-12(17)11-9(2)19-13(16-11)10-5-4-8-18-10/h4-5,8,14H,3,6-7H2,1-2H3,(H,15,17). The molecule has 0 bridgehead atoms. The molecule has 2 N–H and O–H groups in total. The van der Waals surface area contributed by atoms with Crippen molar-refractivity contribution in [2.45, 2.75) is 13.8 Å². The van der Waals surface area contributed by atoms with E-state index in [0.717, 1.165) is 23.0 Å². The van der Waals surface area contributed by atoms with Crippen LogP contribution in [0.5, 0.6) is 0 Å². The molecule has 2 aromatic rings. The molecule has 0 atom stereocenters. The highest BCUT2D eigenvalue weighted by Crippen LogP contribution is 2.27. The maximum atomic E-state index is 12.0. The molecule has 0 fully saturated rings. The van der Waals surface area contributed by atoms with Crippen molar-refractivity contribution in [2.24, 2.45) is 0 Å². The van der Waals surface area contributed by atoms with Crippen LogP contribution in [0.15, 0.2) is 22.8 Å². The summed E-state index contributed by atoms with van der Waals surface area (Å²) in [6, 6.07) is 3.65. The average Bonchev–Trinajstić information content (AvgIpc) is 3.03. The summed E-state index contributed by atoms with van der Waals surface area (Å²) in [5.74, 6) is 0.559. The Morgan fingerprint density at radius 3 is 3.00 bits per heavy atom. The van der Waals surface area contributed by atoms with Gasteiger partial charge in [0, 0.05) is 18.0 Å². The first kappa shape index (κ1) is 13.8. The molecule has 5 nitrogen and oxygen atoms in total. The molecule has 0 spiro atoms. The van der Waals surface area contributed by atoms with Gasteiger partial charge >= 0.3 is 0 Å². The number of carbonyl (C=O) groups is 1. The minimum atomic E-state index is -0.135. The van der Waals surface area contributed by atoms with Gasteiger partial charge in [-0.05, 0) is 25.6 Å². The van der Waals surface area contributed by atoms with Gasteiger partial charge < -0.3 is 15.1 Å². The van der Waals surface area contributed by atoms with Crippen molar-refractivity contribution in [1.82, 2.24) is 15.6 Å². The Bertz CT molecular complexity index is 534. The first-order chi connectivity index (χ1) is 9.22. The van der Waals surface area contributed by atoms with Gasteiger partial charge in [0.25, 0.3) is 5.91 Å². The van der Waals surface area contributed by atoms with Crippen molar-refractivity contribution < 1.29 is 9.21 Å². The van der Waals surface area contributed by atoms with Crippen molar-refractivity contribution in [3.63, 3.8) is 0 Å². The highest BCUT2D eigenvalue weighted by atomic mass is 32.1. The molecule has 2 aromatic heterocycles. The van der Waals surface area contributed by atoms with Gasteiger partial charge in [-0.3, -0.25) is 4.79 Å². The Kier molecular flexibility index (Phi) is 4.70. The monoisotopic (exact) mass is 279 g/mol. The molecule has 0 aromatic carbocycles. The van der Waals surface area contributed by atoms with E-state index >= 15 is 0 Å². The fourth-order valence-electron chi connectivity index (χ4n) is 1.64. The average molecular weight is 279 g/mol. The lowest BCUT2D eigenvalue weighted by molar-refractivity contribution is 0.0949. The summed E-state index contributed by atoms with van der Waals surface area (Å²) in [7, 11) is 0. The van der Waals surface area contributed by atoms with E-state index in [2.05, 4.69) is 15.6 Å². The summed E-state index contributed by atoms with van der Waals surface area (Å²) in [4.78, 5) is 17.2. The zero-order valence-electron chi connectivity index (χ0n) is 11.0. The normalized spacial score (nSPS) is 10.6. The first-order valence-corrected chi connectivity index (χ1v) is 7.04. The largest absolute Gasteiger partial charge is 0.462 e. The van der Waals surface area contributed by atoms with Gasteiger partial charge in [0.05, 0.1) is 6.26 Å². The highest BCUT2D eigenvalue weighted by Gasteiger charge is 2.16. The predicted molar refractivity (Wildman–Crippen MR) is 75.4 cm³/mol. The van der Waals surface area contributed by atoms with Crippen molar-refractivity contribution >= 4 is 17.2 Å². The second-order valence-corrected chi connectivity index (χ2v) is 5.21. The van der Waals surface area contributed by atoms with Crippen LogP contribution in [0.3, 0.4) is 0 Å². The molecule has 6 heteroatoms. The molecule has 0 unspecified atom stereocenters. The van der Waals surface area contributed by atoms with E-state index in [1.807, 2.05) is 26.0 Å². The summed E-state index contributed by atoms with van der Waals surface area (Å²) >= 11 is 1.46. The van der Waals surface area contributed by atoms with E-state index < -0.39 is 0 Å². The molecule has 2 rings (SSSR count). The van der Waals surface area contributed by atoms with E-state index in [1.165, 1.54) is 11.3 Å². The smallest absolute Gasteiger partial charge is 0.271 e. The quantitative estimate of drug-likeness (QED) is 0.794. The summed E-state index contributed by atoms with van der Waals surface area (Å²) < 4.78 is 5.29. The third kappa shape index (κ3) is 3.42. The lowest BCUT2D eigenvalue weighted by Crippen LogP contribution is -2.32. The van der Waals surface area contributed by atoms with Crippen LogP contribution in [0.25, 0.3) is 10.8 Å². The van der Waals surface area contributed by atoms with Gasteiger partial charge in [0.2, 0.25) is 0 Å². The first-order valence-electron chi connectivity index (χ1n) is 6.22. The lowest BCUT2D eigenvalue weighted by Gasteiger charge is -2.03. The van der Waals surface area contributed by atoms with E-state index in [4.69, 9.17) is 4.42 Å². The Hall–Kier alpha value is -1.66. The number of aromatic nitrogens is 1. The Morgan fingerprint density at radius 2 is 2.32 bits per heavy atom. The number of amides is 1. The molecule has 1 amide bonds. The summed E-state index contributed by atoms with van der Waals surface area (Å²) in [6.07, 6.45) is 1.60. The van der Waals surface area contributed by atoms with Gasteiger partial charge in [-0.25, -0.2) is 4.98 Å². The van der Waals surface area contributed by atoms with Crippen LogP contribution < -0.4 is 10.6 Å². The number of nitrogens with zero attached hydrogens (tertiary/aromatic N) is 1. The molecule has 0 radical (unpaired) electrons. The van der Waals surface area contributed by atoms with Gasteiger partial charge in [-0.1, -0.05) is 6.92 Å². The number of aryl methyl sites for hydroxylation is 1. The fourth-order valence-corrected chi connectivity index (χ4v) is 2.52. The lowest BCUT2D eigenvalue weighted by atomic mass is 10.3. The molecule has 102 valence electrons. The van der Waals surface area contributed by atoms with E-state index in [-0.39, 0.29) is 5.91 Å². The van der Waals surface area contributed by atoms with E-state index in [1.54, 1.807) is 6.26 Å². The van der Waals surface area contributed by atoms with Crippen molar-refractivity contribution in [1.29, 1.82) is 0 Å². The maximum absolute atomic E-state index is 12.0. The molecule has 0 saturated carbocycles. The number of furan rings is 1. The highest BCUT2D eigenvalue weighted by molar-refractivity contribution is 7.15. The number of hydrogen-bond donors (Lipinski definition) is 2. The minimum Gasteiger partial charge on any atom is -0.462 e. The summed E-state index contributed by atoms with van der Waals surface area (Å²) in [6.45, 7) is 6.18. The maximum Gasteiger partial charge on any atom is 0.271 e. The SMILES string of the molecule is CCNCCNC(=O)c1nc(-c2ccco2)sc1C. The molecule has 0 aliphatic carbocycles. The number of nitrogens with one attached hydrogen (secondary N) is 2. The van der Waals surface area contributed by atoms with Gasteiger partial charge in [0.15, 0.2) is 10.8 Å². The second kappa shape index (κ2) is 6.49. The Morgan fingerprint density at radius 1 is 1.47 bits per heavy atom. The number of thiazole rings is 1. The zero-order valence-corrected chi connectivity index (χ0v) is 11.8. The summed E-state index contributed by atoms with van der Waals surface area (Å²) in [5, 5.41) is 6.73. The van der Waals surface area contributed by atoms with Gasteiger partial charge in [0.1, 0.15) is 5.69 Å². The van der Waals surface area contributed by atoms with Crippen LogP contribution in [-0.2, 0) is 0 Å². The fraction of sp³-hybridized carbons (Fsp3) is 0.385. The van der Waals surface area contributed by atoms with Crippen LogP contribution in [0, 0.1) is 6.92 Å². The molecule has 0 aliphatic rings. The topological polar surface area (TPSA) is 67.2 Å². The Labute approximate surface area is 116 Å². The van der Waals surface area contributed by atoms with E-state index in [9.17, 15) is 4.79 Å². The predicted octanol–water partition coefficient (Wildman–Crippen LogP) is 2.05. The third-order valence-electron chi connectivity index (χ3n) is 2.58. The molecule has 0 aliphatic heterocycles. The van der Waals surface area contributed by atoms with E-state index in [0.29, 0.717) is 18.0 Å². The number of hydrogen-bond acceptors (Lipinski definition) is 5. The van der Waals surface area contributed by atoms with Crippen LogP contribution in [0.4, 0.5) is 0 Å². The van der Waals surface area contributed by atoms with Gasteiger partial charge in [-0.2, -0.15) is 0 Å². The second-order valence-electron chi connectivity index (χ2n) is 4.01. The van der Waals surface area contributed by atoms with Crippen molar-refractivity contribution in [2.75, 3.05) is 19.6 Å². The van der Waals surface area contributed by atoms with Crippen LogP contribution in [0.1, 0.15) is 22.3 Å². The molecular formula is C13H17N3O2S. The number of carbonyl (C=O) groups excluding carboxylic acids is 1. The van der Waals surface area contributed by atoms with Crippen molar-refractivity contribution in [3.05, 3.63) is 29.0 Å².